The highest BCUT2D eigenvalue weighted by Gasteiger charge is 2.25. The number of rotatable bonds is 5. The molecule has 2 heterocycles. The highest BCUT2D eigenvalue weighted by molar-refractivity contribution is 6.31. The maximum absolute atomic E-state index is 12.4. The fourth-order valence-electron chi connectivity index (χ4n) is 3.79. The smallest absolute Gasteiger partial charge is 0.220 e. The Morgan fingerprint density at radius 1 is 1.32 bits per heavy atom. The van der Waals surface area contributed by atoms with Gasteiger partial charge in [0.25, 0.3) is 0 Å². The van der Waals surface area contributed by atoms with Gasteiger partial charge in [0.15, 0.2) is 0 Å². The number of carbonyl (C=O) groups excluding carboxylic acids is 1. The number of halogens is 1. The first-order valence-corrected chi connectivity index (χ1v) is 9.28. The lowest BCUT2D eigenvalue weighted by atomic mass is 9.91. The SMILES string of the molecule is O=C(CCCn1cccc1)NC1CCCc2c1[nH]c1ccc(Cl)cc21. The van der Waals surface area contributed by atoms with Crippen molar-refractivity contribution < 1.29 is 4.79 Å². The van der Waals surface area contributed by atoms with Crippen LogP contribution in [0.5, 0.6) is 0 Å². The number of carbonyl (C=O) groups is 1. The zero-order valence-corrected chi connectivity index (χ0v) is 14.9. The monoisotopic (exact) mass is 355 g/mol. The number of nitrogens with zero attached hydrogens (tertiary/aromatic N) is 1. The van der Waals surface area contributed by atoms with E-state index >= 15 is 0 Å². The summed E-state index contributed by atoms with van der Waals surface area (Å²) >= 11 is 6.15. The van der Waals surface area contributed by atoms with Crippen molar-refractivity contribution in [1.82, 2.24) is 14.9 Å². The Morgan fingerprint density at radius 2 is 2.16 bits per heavy atom. The van der Waals surface area contributed by atoms with Crippen LogP contribution in [0.15, 0.2) is 42.7 Å². The Kier molecular flexibility index (Phi) is 4.53. The van der Waals surface area contributed by atoms with Gasteiger partial charge in [0.1, 0.15) is 0 Å². The maximum Gasteiger partial charge on any atom is 0.220 e. The molecule has 0 fully saturated rings. The molecule has 1 aliphatic carbocycles. The summed E-state index contributed by atoms with van der Waals surface area (Å²) in [6, 6.07) is 10.0. The van der Waals surface area contributed by atoms with E-state index in [9.17, 15) is 4.79 Å². The molecule has 3 aromatic rings. The third-order valence-electron chi connectivity index (χ3n) is 4.99. The zero-order chi connectivity index (χ0) is 17.2. The third kappa shape index (κ3) is 3.45. The van der Waals surface area contributed by atoms with Crippen LogP contribution in [0, 0.1) is 0 Å². The van der Waals surface area contributed by atoms with Crippen molar-refractivity contribution in [3.05, 3.63) is 59.0 Å². The van der Waals surface area contributed by atoms with Crippen LogP contribution in [0.2, 0.25) is 5.02 Å². The van der Waals surface area contributed by atoms with Crippen LogP contribution in [0.1, 0.15) is 43.0 Å². The summed E-state index contributed by atoms with van der Waals surface area (Å²) in [7, 11) is 0. The second kappa shape index (κ2) is 6.96. The van der Waals surface area contributed by atoms with Gasteiger partial charge in [-0.3, -0.25) is 4.79 Å². The normalized spacial score (nSPS) is 16.8. The molecule has 0 bridgehead atoms. The van der Waals surface area contributed by atoms with Crippen molar-refractivity contribution in [2.75, 3.05) is 0 Å². The van der Waals surface area contributed by atoms with Crippen molar-refractivity contribution in [3.8, 4) is 0 Å². The first kappa shape index (κ1) is 16.3. The lowest BCUT2D eigenvalue weighted by molar-refractivity contribution is -0.122. The molecule has 1 aromatic carbocycles. The Labute approximate surface area is 152 Å². The summed E-state index contributed by atoms with van der Waals surface area (Å²) in [6.45, 7) is 0.876. The maximum atomic E-state index is 12.4. The predicted molar refractivity (Wildman–Crippen MR) is 101 cm³/mol. The molecule has 2 N–H and O–H groups in total. The number of H-pyrrole nitrogens is 1. The van der Waals surface area contributed by atoms with Crippen molar-refractivity contribution in [3.63, 3.8) is 0 Å². The molecule has 1 aliphatic rings. The lowest BCUT2D eigenvalue weighted by Gasteiger charge is -2.24. The fourth-order valence-corrected chi connectivity index (χ4v) is 3.96. The number of aromatic amines is 1. The summed E-state index contributed by atoms with van der Waals surface area (Å²) in [4.78, 5) is 15.9. The van der Waals surface area contributed by atoms with Gasteiger partial charge in [-0.2, -0.15) is 0 Å². The van der Waals surface area contributed by atoms with Gasteiger partial charge in [0.05, 0.1) is 6.04 Å². The molecule has 5 heteroatoms. The van der Waals surface area contributed by atoms with Crippen molar-refractivity contribution >= 4 is 28.4 Å². The summed E-state index contributed by atoms with van der Waals surface area (Å²) in [5, 5.41) is 5.16. The molecule has 130 valence electrons. The average molecular weight is 356 g/mol. The number of aryl methyl sites for hydroxylation is 2. The minimum atomic E-state index is 0.0778. The van der Waals surface area contributed by atoms with Crippen LogP contribution in [0.25, 0.3) is 10.9 Å². The molecule has 1 unspecified atom stereocenters. The van der Waals surface area contributed by atoms with Crippen LogP contribution in [-0.4, -0.2) is 15.5 Å². The van der Waals surface area contributed by atoms with Crippen LogP contribution >= 0.6 is 11.6 Å². The van der Waals surface area contributed by atoms with E-state index in [-0.39, 0.29) is 11.9 Å². The van der Waals surface area contributed by atoms with Crippen molar-refractivity contribution in [2.24, 2.45) is 0 Å². The summed E-state index contributed by atoms with van der Waals surface area (Å²) < 4.78 is 2.10. The molecule has 0 aliphatic heterocycles. The minimum Gasteiger partial charge on any atom is -0.356 e. The highest BCUT2D eigenvalue weighted by atomic mass is 35.5. The van der Waals surface area contributed by atoms with E-state index in [1.165, 1.54) is 10.9 Å². The van der Waals surface area contributed by atoms with Gasteiger partial charge in [-0.25, -0.2) is 0 Å². The number of fused-ring (bicyclic) bond motifs is 3. The van der Waals surface area contributed by atoms with Gasteiger partial charge < -0.3 is 14.9 Å². The molecule has 0 radical (unpaired) electrons. The minimum absolute atomic E-state index is 0.0778. The Balaban J connectivity index is 1.43. The largest absolute Gasteiger partial charge is 0.356 e. The van der Waals surface area contributed by atoms with E-state index in [1.807, 2.05) is 42.7 Å². The highest BCUT2D eigenvalue weighted by Crippen LogP contribution is 2.35. The first-order valence-electron chi connectivity index (χ1n) is 8.91. The van der Waals surface area contributed by atoms with E-state index in [4.69, 9.17) is 11.6 Å². The Hall–Kier alpha value is -2.20. The molecule has 0 spiro atoms. The number of hydrogen-bond donors (Lipinski definition) is 2. The van der Waals surface area contributed by atoms with Crippen molar-refractivity contribution in [1.29, 1.82) is 0 Å². The Morgan fingerprint density at radius 3 is 3.00 bits per heavy atom. The molecule has 4 nitrogen and oxygen atoms in total. The zero-order valence-electron chi connectivity index (χ0n) is 14.1. The predicted octanol–water partition coefficient (Wildman–Crippen LogP) is 4.60. The fraction of sp³-hybridized carbons (Fsp3) is 0.350. The molecule has 2 aromatic heterocycles. The molecular formula is C20H22ClN3O. The first-order chi connectivity index (χ1) is 12.2. The summed E-state index contributed by atoms with van der Waals surface area (Å²) in [5.41, 5.74) is 3.56. The van der Waals surface area contributed by atoms with Crippen LogP contribution in [0.4, 0.5) is 0 Å². The van der Waals surface area contributed by atoms with E-state index in [0.29, 0.717) is 6.42 Å². The molecular weight excluding hydrogens is 334 g/mol. The van der Waals surface area contributed by atoms with E-state index in [0.717, 1.165) is 48.5 Å². The summed E-state index contributed by atoms with van der Waals surface area (Å²) in [6.07, 6.45) is 8.56. The van der Waals surface area contributed by atoms with Gasteiger partial charge >= 0.3 is 0 Å². The molecule has 1 amide bonds. The third-order valence-corrected chi connectivity index (χ3v) is 5.23. The number of hydrogen-bond acceptors (Lipinski definition) is 1. The van der Waals surface area contributed by atoms with Crippen LogP contribution in [0.3, 0.4) is 0 Å². The van der Waals surface area contributed by atoms with Gasteiger partial charge in [0, 0.05) is 47.0 Å². The number of benzene rings is 1. The van der Waals surface area contributed by atoms with Gasteiger partial charge in [0.2, 0.25) is 5.91 Å². The van der Waals surface area contributed by atoms with E-state index in [1.54, 1.807) is 0 Å². The van der Waals surface area contributed by atoms with Gasteiger partial charge in [-0.15, -0.1) is 0 Å². The van der Waals surface area contributed by atoms with Gasteiger partial charge in [-0.1, -0.05) is 11.6 Å². The summed E-state index contributed by atoms with van der Waals surface area (Å²) in [5.74, 6) is 0.127. The molecule has 4 rings (SSSR count). The van der Waals surface area contributed by atoms with Gasteiger partial charge in [-0.05, 0) is 61.6 Å². The molecule has 0 saturated carbocycles. The second-order valence-corrected chi connectivity index (χ2v) is 7.18. The quantitative estimate of drug-likeness (QED) is 0.690. The number of nitrogens with one attached hydrogen (secondary N) is 2. The van der Waals surface area contributed by atoms with Crippen molar-refractivity contribution in [2.45, 2.75) is 44.7 Å². The molecule has 25 heavy (non-hydrogen) atoms. The molecule has 0 saturated heterocycles. The molecule has 1 atom stereocenters. The number of aromatic nitrogens is 2. The van der Waals surface area contributed by atoms with Crippen LogP contribution < -0.4 is 5.32 Å². The lowest BCUT2D eigenvalue weighted by Crippen LogP contribution is -2.31. The van der Waals surface area contributed by atoms with E-state index in [2.05, 4.69) is 14.9 Å². The topological polar surface area (TPSA) is 49.8 Å². The average Bonchev–Trinajstić information content (AvgIpc) is 3.23. The second-order valence-electron chi connectivity index (χ2n) is 6.74. The number of amides is 1. The Bertz CT molecular complexity index is 882. The van der Waals surface area contributed by atoms with E-state index < -0.39 is 0 Å². The standard InChI is InChI=1S/C20H22ClN3O/c21-14-8-9-17-16(13-14)15-5-3-6-18(20(15)23-17)22-19(25)7-4-12-24-10-1-2-11-24/h1-2,8-11,13,18,23H,3-7,12H2,(H,22,25). The van der Waals surface area contributed by atoms with Crippen LogP contribution in [-0.2, 0) is 17.8 Å².